The van der Waals surface area contributed by atoms with Crippen LogP contribution in [0.3, 0.4) is 0 Å². The topological polar surface area (TPSA) is 42.4 Å². The molecular weight excluding hydrogens is 148 g/mol. The Balaban J connectivity index is 2.81. The highest BCUT2D eigenvalue weighted by molar-refractivity contribution is 6.59. The van der Waals surface area contributed by atoms with Crippen LogP contribution in [0.15, 0.2) is 18.3 Å². The first-order valence-electron chi connectivity index (χ1n) is 3.12. The number of hydrogen-bond acceptors (Lipinski definition) is 3. The van der Waals surface area contributed by atoms with E-state index in [2.05, 4.69) is 9.84 Å². The van der Waals surface area contributed by atoms with Gasteiger partial charge in [-0.1, -0.05) is 10.6 Å². The van der Waals surface area contributed by atoms with Gasteiger partial charge in [0.05, 0.1) is 0 Å². The van der Waals surface area contributed by atoms with Gasteiger partial charge in [-0.2, -0.15) is 0 Å². The second-order valence-corrected chi connectivity index (χ2v) is 2.17. The third-order valence-electron chi connectivity index (χ3n) is 1.30. The van der Waals surface area contributed by atoms with Gasteiger partial charge in [0.2, 0.25) is 0 Å². The van der Waals surface area contributed by atoms with Gasteiger partial charge in [0.15, 0.2) is 0 Å². The summed E-state index contributed by atoms with van der Waals surface area (Å²) in [5.41, 5.74) is 1.11. The number of nitrogens with zero attached hydrogens (tertiary/aromatic N) is 1. The van der Waals surface area contributed by atoms with E-state index in [0.717, 1.165) is 5.69 Å². The Kier molecular flexibility index (Phi) is 2.56. The molecule has 0 atom stereocenters. The molecule has 1 N–H and O–H groups in total. The predicted molar refractivity (Wildman–Crippen MR) is 38.8 cm³/mol. The van der Waals surface area contributed by atoms with Gasteiger partial charge >= 0.3 is 7.12 Å². The molecule has 1 heterocycles. The van der Waals surface area contributed by atoms with Crippen molar-refractivity contribution in [2.45, 2.75) is 6.92 Å². The summed E-state index contributed by atoms with van der Waals surface area (Å²) in [6.45, 7) is 1.80. The average Bonchev–Trinajstić information content (AvgIpc) is 2.05. The lowest BCUT2D eigenvalue weighted by atomic mass is 9.81. The number of aryl methyl sites for hydroxylation is 1. The summed E-state index contributed by atoms with van der Waals surface area (Å²) in [7, 11) is -1.52. The van der Waals surface area contributed by atoms with Crippen LogP contribution in [-0.4, -0.2) is 17.1 Å². The SMILES string of the molecule is Cc1ccc(B(O)OF)cn1. The van der Waals surface area contributed by atoms with Crippen molar-refractivity contribution in [1.82, 2.24) is 4.98 Å². The van der Waals surface area contributed by atoms with E-state index in [-0.39, 0.29) is 0 Å². The van der Waals surface area contributed by atoms with E-state index in [9.17, 15) is 4.53 Å². The monoisotopic (exact) mass is 155 g/mol. The van der Waals surface area contributed by atoms with Crippen molar-refractivity contribution < 1.29 is 14.4 Å². The standard InChI is InChI=1S/C6H7BFNO2/c1-5-2-3-6(4-9-5)7(10)11-8/h2-4,10H,1H3. The zero-order valence-electron chi connectivity index (χ0n) is 5.99. The van der Waals surface area contributed by atoms with Gasteiger partial charge in [0.25, 0.3) is 0 Å². The van der Waals surface area contributed by atoms with Crippen LogP contribution < -0.4 is 5.46 Å². The van der Waals surface area contributed by atoms with E-state index < -0.39 is 7.12 Å². The zero-order chi connectivity index (χ0) is 8.27. The van der Waals surface area contributed by atoms with E-state index in [1.807, 2.05) is 0 Å². The minimum atomic E-state index is -1.52. The van der Waals surface area contributed by atoms with Crippen LogP contribution in [0.5, 0.6) is 0 Å². The Morgan fingerprint density at radius 1 is 1.64 bits per heavy atom. The highest BCUT2D eigenvalue weighted by Crippen LogP contribution is 1.89. The van der Waals surface area contributed by atoms with Gasteiger partial charge in [0, 0.05) is 17.4 Å². The molecule has 0 aromatic carbocycles. The molecule has 5 heteroatoms. The van der Waals surface area contributed by atoms with Crippen molar-refractivity contribution in [2.75, 3.05) is 0 Å². The molecule has 0 saturated heterocycles. The first-order valence-corrected chi connectivity index (χ1v) is 3.12. The molecule has 0 saturated carbocycles. The summed E-state index contributed by atoms with van der Waals surface area (Å²) in [6.07, 6.45) is 1.36. The summed E-state index contributed by atoms with van der Waals surface area (Å²) in [4.78, 5) is 7.03. The fourth-order valence-corrected chi connectivity index (χ4v) is 0.677. The average molecular weight is 155 g/mol. The van der Waals surface area contributed by atoms with Crippen LogP contribution in [0.2, 0.25) is 0 Å². The summed E-state index contributed by atoms with van der Waals surface area (Å²) in [5.74, 6) is 0. The summed E-state index contributed by atoms with van der Waals surface area (Å²) >= 11 is 0. The number of rotatable bonds is 2. The quantitative estimate of drug-likeness (QED) is 0.610. The number of aromatic nitrogens is 1. The normalized spacial score (nSPS) is 9.73. The summed E-state index contributed by atoms with van der Waals surface area (Å²) in [6, 6.07) is 3.21. The highest BCUT2D eigenvalue weighted by Gasteiger charge is 2.16. The number of pyridine rings is 1. The van der Waals surface area contributed by atoms with E-state index in [1.165, 1.54) is 6.20 Å². The molecule has 1 aromatic rings. The third-order valence-corrected chi connectivity index (χ3v) is 1.30. The third kappa shape index (κ3) is 1.99. The molecule has 0 fully saturated rings. The second kappa shape index (κ2) is 3.45. The lowest BCUT2D eigenvalue weighted by Crippen LogP contribution is -2.31. The van der Waals surface area contributed by atoms with Crippen LogP contribution in [0.1, 0.15) is 5.69 Å². The summed E-state index contributed by atoms with van der Waals surface area (Å²) in [5, 5.41) is 8.78. The fraction of sp³-hybridized carbons (Fsp3) is 0.167. The Labute approximate surface area is 63.9 Å². The van der Waals surface area contributed by atoms with Crippen molar-refractivity contribution in [2.24, 2.45) is 0 Å². The van der Waals surface area contributed by atoms with Crippen molar-refractivity contribution in [3.63, 3.8) is 0 Å². The van der Waals surface area contributed by atoms with Crippen molar-refractivity contribution in [1.29, 1.82) is 0 Å². The van der Waals surface area contributed by atoms with E-state index >= 15 is 0 Å². The Morgan fingerprint density at radius 3 is 2.82 bits per heavy atom. The smallest absolute Gasteiger partial charge is 0.421 e. The lowest BCUT2D eigenvalue weighted by molar-refractivity contribution is -0.0267. The van der Waals surface area contributed by atoms with Gasteiger partial charge in [-0.25, -0.2) is 4.86 Å². The molecular formula is C6H7BFNO2. The molecule has 0 bridgehead atoms. The molecule has 3 nitrogen and oxygen atoms in total. The molecule has 0 aliphatic carbocycles. The van der Waals surface area contributed by atoms with Crippen LogP contribution in [0.25, 0.3) is 0 Å². The van der Waals surface area contributed by atoms with E-state index in [1.54, 1.807) is 19.1 Å². The molecule has 1 rings (SSSR count). The van der Waals surface area contributed by atoms with Gasteiger partial charge < -0.3 is 5.02 Å². The minimum Gasteiger partial charge on any atom is -0.421 e. The van der Waals surface area contributed by atoms with Crippen molar-refractivity contribution in [3.05, 3.63) is 24.0 Å². The van der Waals surface area contributed by atoms with Crippen molar-refractivity contribution >= 4 is 12.6 Å². The van der Waals surface area contributed by atoms with Gasteiger partial charge in [-0.15, -0.1) is 0 Å². The van der Waals surface area contributed by atoms with Gasteiger partial charge in [-0.05, 0) is 13.0 Å². The molecule has 0 aliphatic heterocycles. The minimum absolute atomic E-state index is 0.304. The molecule has 0 unspecified atom stereocenters. The first kappa shape index (κ1) is 8.16. The zero-order valence-corrected chi connectivity index (χ0v) is 5.99. The van der Waals surface area contributed by atoms with E-state index in [0.29, 0.717) is 5.46 Å². The van der Waals surface area contributed by atoms with E-state index in [4.69, 9.17) is 5.02 Å². The summed E-state index contributed by atoms with van der Waals surface area (Å²) < 4.78 is 11.4. The molecule has 58 valence electrons. The maximum atomic E-state index is 11.4. The largest absolute Gasteiger partial charge is 0.531 e. The molecule has 0 amide bonds. The van der Waals surface area contributed by atoms with Crippen LogP contribution in [0.4, 0.5) is 4.53 Å². The molecule has 1 aromatic heterocycles. The van der Waals surface area contributed by atoms with Crippen molar-refractivity contribution in [3.8, 4) is 0 Å². The van der Waals surface area contributed by atoms with Crippen LogP contribution in [-0.2, 0) is 4.86 Å². The molecule has 0 aliphatic rings. The highest BCUT2D eigenvalue weighted by atomic mass is 19.3. The molecule has 0 spiro atoms. The van der Waals surface area contributed by atoms with Gasteiger partial charge in [0.1, 0.15) is 0 Å². The predicted octanol–water partition coefficient (Wildman–Crippen LogP) is -0.0214. The fourth-order valence-electron chi connectivity index (χ4n) is 0.677. The maximum absolute atomic E-state index is 11.4. The first-order chi connectivity index (χ1) is 5.24. The Morgan fingerprint density at radius 2 is 2.36 bits per heavy atom. The Bertz CT molecular complexity index is 229. The lowest BCUT2D eigenvalue weighted by Gasteiger charge is -1.98. The Hall–Kier alpha value is -0.935. The van der Waals surface area contributed by atoms with Gasteiger partial charge in [-0.3, -0.25) is 4.98 Å². The van der Waals surface area contributed by atoms with Crippen LogP contribution in [0, 0.1) is 6.92 Å². The molecule has 11 heavy (non-hydrogen) atoms. The number of halogens is 1. The molecule has 0 radical (unpaired) electrons. The van der Waals surface area contributed by atoms with Crippen LogP contribution >= 0.6 is 0 Å². The second-order valence-electron chi connectivity index (χ2n) is 2.17. The maximum Gasteiger partial charge on any atom is 0.531 e. The number of hydrogen-bond donors (Lipinski definition) is 1.